The lowest BCUT2D eigenvalue weighted by molar-refractivity contribution is 0.128. The van der Waals surface area contributed by atoms with E-state index < -0.39 is 5.82 Å². The fourth-order valence-electron chi connectivity index (χ4n) is 6.05. The molecule has 6 nitrogen and oxygen atoms in total. The van der Waals surface area contributed by atoms with E-state index in [1.54, 1.807) is 30.1 Å². The van der Waals surface area contributed by atoms with Crippen LogP contribution in [0.4, 0.5) is 10.1 Å². The lowest BCUT2D eigenvalue weighted by Crippen LogP contribution is -2.53. The SMILES string of the molecule is CC(C)[C@@H]1CC(c2cc(F)cc(-c3cccc(N4CCN(C(C)(C)C)CC4)c3)c2O)=CC(Cl)=C1n1ccn(C)c1=O. The molecule has 0 unspecified atom stereocenters. The Bertz CT molecular complexity index is 1570. The Hall–Kier alpha value is -3.29. The lowest BCUT2D eigenvalue weighted by atomic mass is 9.80. The molecule has 1 aliphatic heterocycles. The summed E-state index contributed by atoms with van der Waals surface area (Å²) >= 11 is 6.83. The first-order chi connectivity index (χ1) is 19.3. The number of hydrogen-bond acceptors (Lipinski definition) is 4. The van der Waals surface area contributed by atoms with Gasteiger partial charge in [-0.2, -0.15) is 0 Å². The van der Waals surface area contributed by atoms with Crippen LogP contribution >= 0.6 is 11.6 Å². The van der Waals surface area contributed by atoms with Gasteiger partial charge in [0.15, 0.2) is 0 Å². The van der Waals surface area contributed by atoms with Gasteiger partial charge in [0.25, 0.3) is 0 Å². The fraction of sp³-hybridized carbons (Fsp3) is 0.424. The number of hydrogen-bond donors (Lipinski definition) is 1. The molecule has 2 aliphatic rings. The van der Waals surface area contributed by atoms with Gasteiger partial charge in [-0.1, -0.05) is 37.6 Å². The van der Waals surface area contributed by atoms with Crippen molar-refractivity contribution >= 4 is 28.6 Å². The van der Waals surface area contributed by atoms with E-state index in [4.69, 9.17) is 11.6 Å². The molecule has 1 atom stereocenters. The van der Waals surface area contributed by atoms with Crippen LogP contribution in [0.15, 0.2) is 64.7 Å². The molecule has 1 N–H and O–H groups in total. The van der Waals surface area contributed by atoms with E-state index in [9.17, 15) is 9.90 Å². The number of piperazine rings is 1. The number of aryl methyl sites for hydroxylation is 1. The van der Waals surface area contributed by atoms with Crippen molar-refractivity contribution in [3.63, 3.8) is 0 Å². The predicted molar refractivity (Wildman–Crippen MR) is 167 cm³/mol. The largest absolute Gasteiger partial charge is 0.507 e. The highest BCUT2D eigenvalue weighted by Gasteiger charge is 2.31. The van der Waals surface area contributed by atoms with Crippen LogP contribution in [0.5, 0.6) is 5.75 Å². The summed E-state index contributed by atoms with van der Waals surface area (Å²) in [7, 11) is 1.70. The quantitative estimate of drug-likeness (QED) is 0.362. The van der Waals surface area contributed by atoms with Crippen LogP contribution in [0.2, 0.25) is 0 Å². The van der Waals surface area contributed by atoms with Gasteiger partial charge in [0.2, 0.25) is 0 Å². The predicted octanol–water partition coefficient (Wildman–Crippen LogP) is 6.79. The molecule has 1 aromatic heterocycles. The van der Waals surface area contributed by atoms with E-state index in [2.05, 4.69) is 50.5 Å². The summed E-state index contributed by atoms with van der Waals surface area (Å²) in [6.45, 7) is 14.6. The maximum Gasteiger partial charge on any atom is 0.332 e. The van der Waals surface area contributed by atoms with E-state index >= 15 is 4.39 Å². The monoisotopic (exact) mass is 578 g/mol. The van der Waals surface area contributed by atoms with Crippen molar-refractivity contribution in [2.45, 2.75) is 46.6 Å². The van der Waals surface area contributed by atoms with Gasteiger partial charge in [0, 0.05) is 79.6 Å². The molecule has 1 saturated heterocycles. The number of aromatic hydroxyl groups is 1. The maximum atomic E-state index is 15.2. The molecule has 2 aromatic carbocycles. The van der Waals surface area contributed by atoms with Crippen molar-refractivity contribution in [1.82, 2.24) is 14.0 Å². The third-order valence-corrected chi connectivity index (χ3v) is 8.82. The fourth-order valence-corrected chi connectivity index (χ4v) is 6.41. The highest BCUT2D eigenvalue weighted by atomic mass is 35.5. The summed E-state index contributed by atoms with van der Waals surface area (Å²) < 4.78 is 18.3. The Morgan fingerprint density at radius 2 is 1.71 bits per heavy atom. The molecular formula is C33H40ClFN4O2. The zero-order valence-corrected chi connectivity index (χ0v) is 25.5. The Balaban J connectivity index is 1.51. The summed E-state index contributed by atoms with van der Waals surface area (Å²) in [6, 6.07) is 10.7. The van der Waals surface area contributed by atoms with Crippen LogP contribution in [-0.2, 0) is 7.05 Å². The molecule has 5 rings (SSSR count). The molecule has 1 aliphatic carbocycles. The van der Waals surface area contributed by atoms with Gasteiger partial charge in [-0.15, -0.1) is 0 Å². The number of halogens is 2. The standard InChI is InChI=1S/C33H40ClFN4O2/c1-21(2)26-17-23(18-29(34)30(26)39-15-10-36(6)32(39)41)28-20-24(35)19-27(31(28)40)22-8-7-9-25(16-22)37-11-13-38(14-12-37)33(3,4)5/h7-10,15-16,18-21,26,40H,11-14,17H2,1-6H3/t26-/m0/s1. The third-order valence-electron chi connectivity index (χ3n) is 8.52. The number of phenols is 1. The van der Waals surface area contributed by atoms with Crippen LogP contribution in [0.3, 0.4) is 0 Å². The summed E-state index contributed by atoms with van der Waals surface area (Å²) in [5.74, 6) is -0.340. The number of aromatic nitrogens is 2. The van der Waals surface area contributed by atoms with E-state index in [-0.39, 0.29) is 28.8 Å². The molecule has 0 amide bonds. The molecular weight excluding hydrogens is 539 g/mol. The van der Waals surface area contributed by atoms with E-state index in [0.717, 1.165) is 48.7 Å². The van der Waals surface area contributed by atoms with Gasteiger partial charge < -0.3 is 14.6 Å². The summed E-state index contributed by atoms with van der Waals surface area (Å²) in [5, 5.41) is 12.0. The Kier molecular flexibility index (Phi) is 7.96. The zero-order valence-electron chi connectivity index (χ0n) is 24.8. The molecule has 41 heavy (non-hydrogen) atoms. The number of rotatable bonds is 5. The van der Waals surface area contributed by atoms with Crippen molar-refractivity contribution < 1.29 is 9.50 Å². The molecule has 0 radical (unpaired) electrons. The van der Waals surface area contributed by atoms with Crippen molar-refractivity contribution in [3.8, 4) is 16.9 Å². The molecule has 0 spiro atoms. The van der Waals surface area contributed by atoms with Crippen LogP contribution < -0.4 is 10.6 Å². The number of imidazole rings is 1. The average Bonchev–Trinajstić information content (AvgIpc) is 3.26. The minimum atomic E-state index is -0.427. The first-order valence-electron chi connectivity index (χ1n) is 14.3. The van der Waals surface area contributed by atoms with Crippen molar-refractivity contribution in [3.05, 3.63) is 81.8 Å². The molecule has 3 aromatic rings. The molecule has 8 heteroatoms. The van der Waals surface area contributed by atoms with Gasteiger partial charge in [0.05, 0.1) is 5.03 Å². The van der Waals surface area contributed by atoms with E-state index in [1.165, 1.54) is 16.7 Å². The minimum Gasteiger partial charge on any atom is -0.507 e. The van der Waals surface area contributed by atoms with Crippen LogP contribution in [0.25, 0.3) is 22.4 Å². The highest BCUT2D eigenvalue weighted by Crippen LogP contribution is 2.46. The maximum absolute atomic E-state index is 15.2. The topological polar surface area (TPSA) is 53.6 Å². The van der Waals surface area contributed by atoms with Gasteiger partial charge in [-0.05, 0) is 74.6 Å². The average molecular weight is 579 g/mol. The number of benzene rings is 2. The summed E-state index contributed by atoms with van der Waals surface area (Å²) in [6.07, 6.45) is 5.71. The molecule has 2 heterocycles. The van der Waals surface area contributed by atoms with Crippen LogP contribution in [-0.4, -0.2) is 50.9 Å². The second-order valence-electron chi connectivity index (χ2n) is 12.6. The van der Waals surface area contributed by atoms with Crippen LogP contribution in [0, 0.1) is 17.7 Å². The van der Waals surface area contributed by atoms with Gasteiger partial charge in [-0.25, -0.2) is 9.18 Å². The second-order valence-corrected chi connectivity index (χ2v) is 13.0. The Morgan fingerprint density at radius 3 is 2.32 bits per heavy atom. The second kappa shape index (κ2) is 11.2. The zero-order chi connectivity index (χ0) is 29.6. The minimum absolute atomic E-state index is 0.0275. The number of allylic oxidation sites excluding steroid dienone is 4. The summed E-state index contributed by atoms with van der Waals surface area (Å²) in [4.78, 5) is 17.6. The normalized spacial score (nSPS) is 18.8. The number of nitrogens with zero attached hydrogens (tertiary/aromatic N) is 4. The molecule has 0 bridgehead atoms. The lowest BCUT2D eigenvalue weighted by Gasteiger charge is -2.43. The number of phenolic OH excluding ortho intramolecular Hbond substituents is 1. The Morgan fingerprint density at radius 1 is 1.02 bits per heavy atom. The van der Waals surface area contributed by atoms with Gasteiger partial charge >= 0.3 is 5.69 Å². The summed E-state index contributed by atoms with van der Waals surface area (Å²) in [5.41, 5.74) is 4.12. The van der Waals surface area contributed by atoms with E-state index in [1.807, 2.05) is 18.2 Å². The van der Waals surface area contributed by atoms with Crippen molar-refractivity contribution in [1.29, 1.82) is 0 Å². The van der Waals surface area contributed by atoms with Crippen molar-refractivity contribution in [2.75, 3.05) is 31.1 Å². The van der Waals surface area contributed by atoms with Gasteiger partial charge in [0.1, 0.15) is 11.6 Å². The first kappa shape index (κ1) is 29.2. The molecule has 0 saturated carbocycles. The van der Waals surface area contributed by atoms with Gasteiger partial charge in [-0.3, -0.25) is 9.47 Å². The van der Waals surface area contributed by atoms with Crippen molar-refractivity contribution in [2.24, 2.45) is 18.9 Å². The molecule has 1 fully saturated rings. The smallest absolute Gasteiger partial charge is 0.332 e. The third kappa shape index (κ3) is 5.75. The van der Waals surface area contributed by atoms with E-state index in [0.29, 0.717) is 22.6 Å². The molecule has 218 valence electrons. The van der Waals surface area contributed by atoms with Crippen LogP contribution in [0.1, 0.15) is 46.6 Å². The highest BCUT2D eigenvalue weighted by molar-refractivity contribution is 6.34. The Labute approximate surface area is 247 Å². The first-order valence-corrected chi connectivity index (χ1v) is 14.7. The number of anilines is 1.